The Morgan fingerprint density at radius 3 is 2.93 bits per heavy atom. The number of hydrogen-bond donors (Lipinski definition) is 2. The molecule has 0 radical (unpaired) electrons. The third-order valence-corrected chi connectivity index (χ3v) is 5.42. The van der Waals surface area contributed by atoms with Gasteiger partial charge in [0.25, 0.3) is 0 Å². The Kier molecular flexibility index (Phi) is 3.96. The molecule has 0 spiro atoms. The third-order valence-electron chi connectivity index (χ3n) is 5.42. The van der Waals surface area contributed by atoms with E-state index in [4.69, 9.17) is 5.10 Å². The number of rotatable bonds is 5. The molecular weight excluding hydrogens is 352 g/mol. The molecule has 2 N–H and O–H groups in total. The van der Waals surface area contributed by atoms with E-state index < -0.39 is 0 Å². The van der Waals surface area contributed by atoms with Gasteiger partial charge in [-0.05, 0) is 48.6 Å². The summed E-state index contributed by atoms with van der Waals surface area (Å²) < 4.78 is 1.74. The van der Waals surface area contributed by atoms with Gasteiger partial charge in [-0.25, -0.2) is 9.50 Å². The Morgan fingerprint density at radius 1 is 1.29 bits per heavy atom. The number of nitrogens with one attached hydrogen (secondary N) is 2. The second kappa shape index (κ2) is 6.51. The van der Waals surface area contributed by atoms with Crippen molar-refractivity contribution in [3.8, 4) is 0 Å². The second-order valence-electron chi connectivity index (χ2n) is 7.98. The lowest BCUT2D eigenvalue weighted by molar-refractivity contribution is -0.117. The number of nitrogens with zero attached hydrogens (tertiary/aromatic N) is 4. The fourth-order valence-corrected chi connectivity index (χ4v) is 3.56. The summed E-state index contributed by atoms with van der Waals surface area (Å²) in [6.07, 6.45) is 3.74. The summed E-state index contributed by atoms with van der Waals surface area (Å²) in [6.45, 7) is 5.90. The smallest absolute Gasteiger partial charge is 0.228 e. The molecule has 7 heteroatoms. The molecule has 1 amide bonds. The van der Waals surface area contributed by atoms with Crippen LogP contribution in [-0.2, 0) is 11.3 Å². The minimum atomic E-state index is 0.0596. The predicted octanol–water partition coefficient (Wildman–Crippen LogP) is 3.59. The van der Waals surface area contributed by atoms with Crippen molar-refractivity contribution >= 4 is 28.7 Å². The first-order valence-corrected chi connectivity index (χ1v) is 9.86. The Hall–Kier alpha value is -3.09. The normalized spacial score (nSPS) is 15.8. The summed E-state index contributed by atoms with van der Waals surface area (Å²) in [4.78, 5) is 18.7. The first-order chi connectivity index (χ1) is 13.6. The van der Waals surface area contributed by atoms with Gasteiger partial charge in [-0.2, -0.15) is 5.10 Å². The SMILES string of the molecule is CC(C)c1ccc2c(c1)N(Cc1ccc3nc(NC(=O)C4CC4)cn3n1)CN2. The summed E-state index contributed by atoms with van der Waals surface area (Å²) in [5.74, 6) is 1.28. The van der Waals surface area contributed by atoms with Gasteiger partial charge in [-0.15, -0.1) is 0 Å². The Labute approximate surface area is 163 Å². The number of imidazole rings is 1. The third kappa shape index (κ3) is 3.17. The topological polar surface area (TPSA) is 74.6 Å². The van der Waals surface area contributed by atoms with Crippen molar-refractivity contribution in [2.45, 2.75) is 39.2 Å². The van der Waals surface area contributed by atoms with Gasteiger partial charge in [0.1, 0.15) is 0 Å². The van der Waals surface area contributed by atoms with Crippen LogP contribution < -0.4 is 15.5 Å². The minimum Gasteiger partial charge on any atom is -0.366 e. The first-order valence-electron chi connectivity index (χ1n) is 9.86. The van der Waals surface area contributed by atoms with Crippen LogP contribution in [0.5, 0.6) is 0 Å². The van der Waals surface area contributed by atoms with Crippen LogP contribution in [0.4, 0.5) is 17.2 Å². The molecule has 0 atom stereocenters. The molecule has 3 heterocycles. The molecule has 1 aromatic carbocycles. The molecule has 0 saturated heterocycles. The number of benzene rings is 1. The number of aromatic nitrogens is 3. The van der Waals surface area contributed by atoms with Gasteiger partial charge in [-0.3, -0.25) is 4.79 Å². The van der Waals surface area contributed by atoms with Crippen LogP contribution in [0.15, 0.2) is 36.5 Å². The molecule has 1 aliphatic heterocycles. The highest BCUT2D eigenvalue weighted by Gasteiger charge is 2.30. The Balaban J connectivity index is 1.36. The largest absolute Gasteiger partial charge is 0.366 e. The van der Waals surface area contributed by atoms with Crippen LogP contribution >= 0.6 is 0 Å². The molecule has 3 aromatic rings. The maximum atomic E-state index is 11.9. The van der Waals surface area contributed by atoms with Crippen LogP contribution in [0.25, 0.3) is 5.65 Å². The molecule has 5 rings (SSSR count). The van der Waals surface area contributed by atoms with E-state index in [0.29, 0.717) is 18.3 Å². The maximum absolute atomic E-state index is 11.9. The van der Waals surface area contributed by atoms with Gasteiger partial charge in [0, 0.05) is 5.92 Å². The van der Waals surface area contributed by atoms with Crippen molar-refractivity contribution in [2.75, 3.05) is 22.2 Å². The lowest BCUT2D eigenvalue weighted by Crippen LogP contribution is -2.23. The summed E-state index contributed by atoms with van der Waals surface area (Å²) in [5, 5.41) is 11.0. The monoisotopic (exact) mass is 376 g/mol. The average Bonchev–Trinajstić information content (AvgIpc) is 3.35. The number of hydrogen-bond acceptors (Lipinski definition) is 5. The zero-order valence-electron chi connectivity index (χ0n) is 16.1. The van der Waals surface area contributed by atoms with Crippen molar-refractivity contribution in [1.82, 2.24) is 14.6 Å². The maximum Gasteiger partial charge on any atom is 0.228 e. The van der Waals surface area contributed by atoms with Gasteiger partial charge >= 0.3 is 0 Å². The number of amides is 1. The van der Waals surface area contributed by atoms with Crippen molar-refractivity contribution in [3.05, 3.63) is 47.8 Å². The van der Waals surface area contributed by atoms with Crippen molar-refractivity contribution in [1.29, 1.82) is 0 Å². The first kappa shape index (κ1) is 17.0. The second-order valence-corrected chi connectivity index (χ2v) is 7.98. The summed E-state index contributed by atoms with van der Waals surface area (Å²) in [5.41, 5.74) is 5.40. The van der Waals surface area contributed by atoms with Crippen LogP contribution in [0, 0.1) is 5.92 Å². The van der Waals surface area contributed by atoms with Gasteiger partial charge in [0.15, 0.2) is 11.5 Å². The predicted molar refractivity (Wildman–Crippen MR) is 110 cm³/mol. The van der Waals surface area contributed by atoms with Gasteiger partial charge in [0.2, 0.25) is 5.91 Å². The van der Waals surface area contributed by atoms with Gasteiger partial charge < -0.3 is 15.5 Å². The molecule has 28 heavy (non-hydrogen) atoms. The molecule has 1 saturated carbocycles. The zero-order chi connectivity index (χ0) is 19.3. The van der Waals surface area contributed by atoms with Crippen molar-refractivity contribution in [3.63, 3.8) is 0 Å². The van der Waals surface area contributed by atoms with Crippen LogP contribution in [0.2, 0.25) is 0 Å². The van der Waals surface area contributed by atoms with E-state index in [-0.39, 0.29) is 11.8 Å². The molecular formula is C21H24N6O. The standard InChI is InChI=1S/C21H24N6O/c1-13(2)15-5-7-17-18(9-15)26(12-22-17)10-16-6-8-20-23-19(11-27(20)25-16)24-21(28)14-3-4-14/h5-9,11,13-14,22H,3-4,10,12H2,1-2H3,(H,24,28). The van der Waals surface area contributed by atoms with E-state index in [9.17, 15) is 4.79 Å². The van der Waals surface area contributed by atoms with E-state index >= 15 is 0 Å². The fraction of sp³-hybridized carbons (Fsp3) is 0.381. The molecule has 7 nitrogen and oxygen atoms in total. The molecule has 2 aliphatic rings. The van der Waals surface area contributed by atoms with E-state index in [0.717, 1.165) is 36.5 Å². The van der Waals surface area contributed by atoms with Crippen LogP contribution in [0.1, 0.15) is 43.9 Å². The van der Waals surface area contributed by atoms with E-state index in [1.807, 2.05) is 12.1 Å². The minimum absolute atomic E-state index is 0.0596. The van der Waals surface area contributed by atoms with E-state index in [1.54, 1.807) is 10.7 Å². The summed E-state index contributed by atoms with van der Waals surface area (Å²) in [7, 11) is 0. The van der Waals surface area contributed by atoms with Crippen LogP contribution in [0.3, 0.4) is 0 Å². The highest BCUT2D eigenvalue weighted by Crippen LogP contribution is 2.35. The molecule has 2 aromatic heterocycles. The lowest BCUT2D eigenvalue weighted by atomic mass is 10.0. The number of fused-ring (bicyclic) bond motifs is 2. The Morgan fingerprint density at radius 2 is 2.14 bits per heavy atom. The Bertz CT molecular complexity index is 1050. The zero-order valence-corrected chi connectivity index (χ0v) is 16.1. The summed E-state index contributed by atoms with van der Waals surface area (Å²) in [6, 6.07) is 10.6. The molecule has 0 unspecified atom stereocenters. The number of carbonyl (C=O) groups excluding carboxylic acids is 1. The van der Waals surface area contributed by atoms with Crippen molar-refractivity contribution < 1.29 is 4.79 Å². The fourth-order valence-electron chi connectivity index (χ4n) is 3.56. The van der Waals surface area contributed by atoms with E-state index in [1.165, 1.54) is 11.3 Å². The number of carbonyl (C=O) groups is 1. The molecule has 144 valence electrons. The molecule has 1 fully saturated rings. The average molecular weight is 376 g/mol. The van der Waals surface area contributed by atoms with Crippen LogP contribution in [-0.4, -0.2) is 27.2 Å². The van der Waals surface area contributed by atoms with Crippen molar-refractivity contribution in [2.24, 2.45) is 5.92 Å². The highest BCUT2D eigenvalue weighted by atomic mass is 16.2. The van der Waals surface area contributed by atoms with E-state index in [2.05, 4.69) is 52.6 Å². The van der Waals surface area contributed by atoms with Gasteiger partial charge in [-0.1, -0.05) is 19.9 Å². The number of anilines is 3. The summed E-state index contributed by atoms with van der Waals surface area (Å²) >= 11 is 0. The molecule has 0 bridgehead atoms. The molecule has 1 aliphatic carbocycles. The van der Waals surface area contributed by atoms with Gasteiger partial charge in [0.05, 0.1) is 36.5 Å². The quantitative estimate of drug-likeness (QED) is 0.712. The lowest BCUT2D eigenvalue weighted by Gasteiger charge is -2.18. The highest BCUT2D eigenvalue weighted by molar-refractivity contribution is 5.93.